The highest BCUT2D eigenvalue weighted by atomic mass is 16.6. The largest absolute Gasteiger partial charge is 0.497 e. The van der Waals surface area contributed by atoms with E-state index in [-0.39, 0.29) is 30.8 Å². The molecule has 0 radical (unpaired) electrons. The van der Waals surface area contributed by atoms with Crippen LogP contribution in [0.4, 0.5) is 5.69 Å². The molecule has 0 fully saturated rings. The predicted octanol–water partition coefficient (Wildman–Crippen LogP) is 1.54. The van der Waals surface area contributed by atoms with Crippen molar-refractivity contribution in [3.05, 3.63) is 33.9 Å². The Bertz CT molecular complexity index is 558. The van der Waals surface area contributed by atoms with Crippen LogP contribution in [0.25, 0.3) is 0 Å². The monoisotopic (exact) mass is 296 g/mol. The Morgan fingerprint density at radius 3 is 2.57 bits per heavy atom. The van der Waals surface area contributed by atoms with Crippen molar-refractivity contribution in [2.75, 3.05) is 20.2 Å². The lowest BCUT2D eigenvalue weighted by atomic mass is 10.1. The maximum atomic E-state index is 12.4. The molecule has 0 heterocycles. The molecule has 0 unspecified atom stereocenters. The second kappa shape index (κ2) is 7.22. The molecule has 1 amide bonds. The molecule has 21 heavy (non-hydrogen) atoms. The van der Waals surface area contributed by atoms with Crippen LogP contribution in [-0.2, 0) is 4.79 Å². The molecule has 114 valence electrons. The fourth-order valence-electron chi connectivity index (χ4n) is 1.78. The average molecular weight is 296 g/mol. The summed E-state index contributed by atoms with van der Waals surface area (Å²) in [6, 6.07) is 3.86. The fourth-order valence-corrected chi connectivity index (χ4v) is 1.78. The molecule has 0 spiro atoms. The van der Waals surface area contributed by atoms with Gasteiger partial charge in [0.1, 0.15) is 11.3 Å². The first-order valence-corrected chi connectivity index (χ1v) is 6.24. The number of carbonyl (C=O) groups is 2. The highest BCUT2D eigenvalue weighted by Gasteiger charge is 2.25. The van der Waals surface area contributed by atoms with Gasteiger partial charge in [-0.1, -0.05) is 0 Å². The van der Waals surface area contributed by atoms with E-state index in [0.717, 1.165) is 0 Å². The van der Waals surface area contributed by atoms with Gasteiger partial charge in [-0.15, -0.1) is 0 Å². The summed E-state index contributed by atoms with van der Waals surface area (Å²) >= 11 is 0. The maximum Gasteiger partial charge on any atom is 0.305 e. The quantitative estimate of drug-likeness (QED) is 0.603. The number of benzene rings is 1. The molecule has 0 saturated carbocycles. The van der Waals surface area contributed by atoms with E-state index in [0.29, 0.717) is 5.75 Å². The fraction of sp³-hybridized carbons (Fsp3) is 0.385. The number of nitro benzene ring substituents is 1. The van der Waals surface area contributed by atoms with Crippen LogP contribution >= 0.6 is 0 Å². The van der Waals surface area contributed by atoms with E-state index in [2.05, 4.69) is 0 Å². The first-order chi connectivity index (χ1) is 9.90. The van der Waals surface area contributed by atoms with Crippen molar-refractivity contribution < 1.29 is 24.4 Å². The zero-order valence-corrected chi connectivity index (χ0v) is 11.7. The van der Waals surface area contributed by atoms with Crippen LogP contribution in [0.2, 0.25) is 0 Å². The number of amides is 1. The predicted molar refractivity (Wildman–Crippen MR) is 73.5 cm³/mol. The number of ether oxygens (including phenoxy) is 1. The van der Waals surface area contributed by atoms with Crippen LogP contribution in [-0.4, -0.2) is 47.0 Å². The summed E-state index contributed by atoms with van der Waals surface area (Å²) in [5, 5.41) is 19.7. The van der Waals surface area contributed by atoms with Crippen LogP contribution in [0.3, 0.4) is 0 Å². The van der Waals surface area contributed by atoms with Gasteiger partial charge in [-0.25, -0.2) is 0 Å². The molecule has 1 rings (SSSR count). The lowest BCUT2D eigenvalue weighted by Crippen LogP contribution is -2.33. The van der Waals surface area contributed by atoms with Crippen LogP contribution in [0.5, 0.6) is 5.75 Å². The van der Waals surface area contributed by atoms with Crippen molar-refractivity contribution in [3.8, 4) is 5.75 Å². The van der Waals surface area contributed by atoms with Crippen molar-refractivity contribution in [3.63, 3.8) is 0 Å². The Balaban J connectivity index is 3.13. The molecule has 1 aromatic rings. The van der Waals surface area contributed by atoms with Gasteiger partial charge in [0.2, 0.25) is 0 Å². The molecule has 0 aliphatic carbocycles. The topological polar surface area (TPSA) is 110 Å². The van der Waals surface area contributed by atoms with Crippen molar-refractivity contribution in [2.45, 2.75) is 13.3 Å². The van der Waals surface area contributed by atoms with E-state index in [4.69, 9.17) is 9.84 Å². The number of rotatable bonds is 7. The lowest BCUT2D eigenvalue weighted by molar-refractivity contribution is -0.385. The van der Waals surface area contributed by atoms with E-state index in [1.165, 1.54) is 30.2 Å². The first-order valence-electron chi connectivity index (χ1n) is 6.24. The van der Waals surface area contributed by atoms with Gasteiger partial charge in [0.05, 0.1) is 18.5 Å². The van der Waals surface area contributed by atoms with Gasteiger partial charge < -0.3 is 14.7 Å². The van der Waals surface area contributed by atoms with E-state index in [1.807, 2.05) is 0 Å². The number of carbonyl (C=O) groups excluding carboxylic acids is 1. The Morgan fingerprint density at radius 2 is 2.10 bits per heavy atom. The molecule has 0 aliphatic rings. The van der Waals surface area contributed by atoms with Crippen molar-refractivity contribution in [1.82, 2.24) is 4.90 Å². The maximum absolute atomic E-state index is 12.4. The van der Waals surface area contributed by atoms with Crippen LogP contribution in [0.1, 0.15) is 23.7 Å². The number of carboxylic acids is 1. The van der Waals surface area contributed by atoms with Gasteiger partial charge in [-0.3, -0.25) is 19.7 Å². The molecule has 1 N–H and O–H groups in total. The number of nitro groups is 1. The molecule has 8 nitrogen and oxygen atoms in total. The molecular weight excluding hydrogens is 280 g/mol. The van der Waals surface area contributed by atoms with Crippen LogP contribution in [0.15, 0.2) is 18.2 Å². The third-order valence-electron chi connectivity index (χ3n) is 2.90. The number of hydrogen-bond donors (Lipinski definition) is 1. The highest BCUT2D eigenvalue weighted by molar-refractivity contribution is 5.98. The van der Waals surface area contributed by atoms with Gasteiger partial charge in [0, 0.05) is 19.2 Å². The van der Waals surface area contributed by atoms with E-state index >= 15 is 0 Å². The van der Waals surface area contributed by atoms with Gasteiger partial charge >= 0.3 is 5.97 Å². The van der Waals surface area contributed by atoms with Gasteiger partial charge in [0.25, 0.3) is 11.6 Å². The molecule has 0 aromatic heterocycles. The van der Waals surface area contributed by atoms with E-state index in [9.17, 15) is 19.7 Å². The van der Waals surface area contributed by atoms with Crippen LogP contribution in [0, 0.1) is 10.1 Å². The molecule has 8 heteroatoms. The molecule has 0 bridgehead atoms. The molecule has 1 aromatic carbocycles. The summed E-state index contributed by atoms with van der Waals surface area (Å²) in [4.78, 5) is 34.5. The SMILES string of the molecule is CCN(CCC(=O)O)C(=O)c1cc(OC)ccc1[N+](=O)[O-]. The Hall–Kier alpha value is -2.64. The summed E-state index contributed by atoms with van der Waals surface area (Å²) in [5.41, 5.74) is -0.457. The lowest BCUT2D eigenvalue weighted by Gasteiger charge is -2.20. The Kier molecular flexibility index (Phi) is 5.65. The number of hydrogen-bond acceptors (Lipinski definition) is 5. The zero-order valence-electron chi connectivity index (χ0n) is 11.7. The molecule has 0 aliphatic heterocycles. The Morgan fingerprint density at radius 1 is 1.43 bits per heavy atom. The summed E-state index contributed by atoms with van der Waals surface area (Å²) in [7, 11) is 1.39. The Labute approximate surface area is 121 Å². The van der Waals surface area contributed by atoms with Gasteiger partial charge in [-0.05, 0) is 19.1 Å². The minimum absolute atomic E-state index is 0.0149. The zero-order chi connectivity index (χ0) is 16.0. The van der Waals surface area contributed by atoms with Gasteiger partial charge in [0.15, 0.2) is 0 Å². The normalized spacial score (nSPS) is 10.0. The minimum atomic E-state index is -1.04. The molecule has 0 atom stereocenters. The molecular formula is C13H16N2O6. The minimum Gasteiger partial charge on any atom is -0.497 e. The average Bonchev–Trinajstić information content (AvgIpc) is 2.46. The number of carboxylic acid groups (broad SMARTS) is 1. The number of methoxy groups -OCH3 is 1. The molecule has 0 saturated heterocycles. The van der Waals surface area contributed by atoms with Gasteiger partial charge in [-0.2, -0.15) is 0 Å². The summed E-state index contributed by atoms with van der Waals surface area (Å²) in [6.45, 7) is 1.91. The van der Waals surface area contributed by atoms with Crippen molar-refractivity contribution in [2.24, 2.45) is 0 Å². The smallest absolute Gasteiger partial charge is 0.305 e. The second-order valence-electron chi connectivity index (χ2n) is 4.17. The number of nitrogens with zero attached hydrogens (tertiary/aromatic N) is 2. The second-order valence-corrected chi connectivity index (χ2v) is 4.17. The highest BCUT2D eigenvalue weighted by Crippen LogP contribution is 2.25. The first kappa shape index (κ1) is 16.4. The summed E-state index contributed by atoms with van der Waals surface area (Å²) < 4.78 is 4.96. The van der Waals surface area contributed by atoms with Crippen LogP contribution < -0.4 is 4.74 Å². The van der Waals surface area contributed by atoms with Crippen molar-refractivity contribution in [1.29, 1.82) is 0 Å². The number of aliphatic carboxylic acids is 1. The van der Waals surface area contributed by atoms with E-state index in [1.54, 1.807) is 6.92 Å². The van der Waals surface area contributed by atoms with E-state index < -0.39 is 16.8 Å². The summed E-state index contributed by atoms with van der Waals surface area (Å²) in [5.74, 6) is -1.32. The standard InChI is InChI=1S/C13H16N2O6/c1-3-14(7-6-12(16)17)13(18)10-8-9(21-2)4-5-11(10)15(19)20/h4-5,8H,3,6-7H2,1-2H3,(H,16,17). The van der Waals surface area contributed by atoms with Crippen molar-refractivity contribution >= 4 is 17.6 Å². The third kappa shape index (κ3) is 4.16. The summed E-state index contributed by atoms with van der Waals surface area (Å²) in [6.07, 6.45) is -0.225. The third-order valence-corrected chi connectivity index (χ3v) is 2.90.